The van der Waals surface area contributed by atoms with Crippen LogP contribution in [-0.4, -0.2) is 29.6 Å². The van der Waals surface area contributed by atoms with Crippen molar-refractivity contribution < 1.29 is 9.53 Å². The molecule has 2 unspecified atom stereocenters. The molecule has 2 atom stereocenters. The molecule has 0 heterocycles. The molecule has 0 saturated carbocycles. The predicted octanol–water partition coefficient (Wildman–Crippen LogP) is 2.19. The molecule has 0 aliphatic heterocycles. The third-order valence-corrected chi connectivity index (χ3v) is 3.52. The van der Waals surface area contributed by atoms with Crippen molar-refractivity contribution in [3.8, 4) is 0 Å². The standard InChI is InChI=1S/C11H23NO2S/c1-5-6-7-15-9(2)8-11(3,12)10(13)14-4/h9H,5-8,12H2,1-4H3. The second-order valence-corrected chi connectivity index (χ2v) is 5.69. The number of esters is 1. The molecule has 3 nitrogen and oxygen atoms in total. The van der Waals surface area contributed by atoms with E-state index < -0.39 is 5.54 Å². The molecule has 0 fully saturated rings. The Labute approximate surface area is 97.1 Å². The van der Waals surface area contributed by atoms with E-state index in [4.69, 9.17) is 5.73 Å². The van der Waals surface area contributed by atoms with Crippen LogP contribution in [-0.2, 0) is 9.53 Å². The summed E-state index contributed by atoms with van der Waals surface area (Å²) in [5, 5.41) is 0.394. The normalized spacial score (nSPS) is 16.9. The van der Waals surface area contributed by atoms with Crippen LogP contribution in [0.3, 0.4) is 0 Å². The van der Waals surface area contributed by atoms with Crippen molar-refractivity contribution in [3.05, 3.63) is 0 Å². The number of nitrogens with two attached hydrogens (primary N) is 1. The number of unbranched alkanes of at least 4 members (excludes halogenated alkanes) is 1. The van der Waals surface area contributed by atoms with Gasteiger partial charge in [0.2, 0.25) is 0 Å². The van der Waals surface area contributed by atoms with Crippen molar-refractivity contribution in [1.82, 2.24) is 0 Å². The molecule has 0 spiro atoms. The topological polar surface area (TPSA) is 52.3 Å². The summed E-state index contributed by atoms with van der Waals surface area (Å²) in [6, 6.07) is 0. The number of carbonyl (C=O) groups excluding carboxylic acids is 1. The second-order valence-electron chi connectivity index (χ2n) is 4.15. The smallest absolute Gasteiger partial charge is 0.325 e. The molecule has 90 valence electrons. The Morgan fingerprint density at radius 1 is 1.60 bits per heavy atom. The first-order valence-electron chi connectivity index (χ1n) is 5.43. The van der Waals surface area contributed by atoms with Gasteiger partial charge < -0.3 is 10.5 Å². The Bertz CT molecular complexity index is 195. The Kier molecular flexibility index (Phi) is 7.02. The van der Waals surface area contributed by atoms with Gasteiger partial charge in [-0.05, 0) is 25.5 Å². The molecule has 4 heteroatoms. The largest absolute Gasteiger partial charge is 0.468 e. The fourth-order valence-electron chi connectivity index (χ4n) is 1.40. The number of carbonyl (C=O) groups is 1. The highest BCUT2D eigenvalue weighted by atomic mass is 32.2. The van der Waals surface area contributed by atoms with Crippen LogP contribution in [0.1, 0.15) is 40.0 Å². The van der Waals surface area contributed by atoms with Crippen molar-refractivity contribution in [2.45, 2.75) is 50.8 Å². The van der Waals surface area contributed by atoms with E-state index in [9.17, 15) is 4.79 Å². The van der Waals surface area contributed by atoms with E-state index in [2.05, 4.69) is 18.6 Å². The number of hydrogen-bond acceptors (Lipinski definition) is 4. The summed E-state index contributed by atoms with van der Waals surface area (Å²) in [7, 11) is 1.38. The Hall–Kier alpha value is -0.220. The van der Waals surface area contributed by atoms with Gasteiger partial charge in [0, 0.05) is 5.25 Å². The summed E-state index contributed by atoms with van der Waals surface area (Å²) in [4.78, 5) is 11.3. The summed E-state index contributed by atoms with van der Waals surface area (Å²) in [6.45, 7) is 6.01. The van der Waals surface area contributed by atoms with Gasteiger partial charge in [-0.2, -0.15) is 11.8 Å². The highest BCUT2D eigenvalue weighted by Gasteiger charge is 2.31. The lowest BCUT2D eigenvalue weighted by molar-refractivity contribution is -0.146. The molecular weight excluding hydrogens is 210 g/mol. The molecule has 0 saturated heterocycles. The molecule has 0 aromatic carbocycles. The molecule has 0 radical (unpaired) electrons. The van der Waals surface area contributed by atoms with Gasteiger partial charge in [0.1, 0.15) is 5.54 Å². The van der Waals surface area contributed by atoms with Gasteiger partial charge in [-0.1, -0.05) is 20.3 Å². The summed E-state index contributed by atoms with van der Waals surface area (Å²) in [5.74, 6) is 0.806. The van der Waals surface area contributed by atoms with E-state index in [0.717, 1.165) is 5.75 Å². The minimum atomic E-state index is -0.854. The van der Waals surface area contributed by atoms with E-state index in [1.807, 2.05) is 11.8 Å². The molecule has 0 aromatic heterocycles. The summed E-state index contributed by atoms with van der Waals surface area (Å²) >= 11 is 1.87. The van der Waals surface area contributed by atoms with Gasteiger partial charge in [0.25, 0.3) is 0 Å². The van der Waals surface area contributed by atoms with Crippen LogP contribution >= 0.6 is 11.8 Å². The molecule has 2 N–H and O–H groups in total. The number of rotatable bonds is 7. The lowest BCUT2D eigenvalue weighted by atomic mass is 9.98. The van der Waals surface area contributed by atoms with Gasteiger partial charge >= 0.3 is 5.97 Å². The third kappa shape index (κ3) is 6.05. The van der Waals surface area contributed by atoms with E-state index in [0.29, 0.717) is 11.7 Å². The van der Waals surface area contributed by atoms with Gasteiger partial charge in [-0.3, -0.25) is 4.79 Å². The minimum absolute atomic E-state index is 0.328. The van der Waals surface area contributed by atoms with Crippen LogP contribution in [0, 0.1) is 0 Å². The molecule has 0 aromatic rings. The molecule has 0 rings (SSSR count). The first-order valence-corrected chi connectivity index (χ1v) is 6.47. The third-order valence-electron chi connectivity index (χ3n) is 2.26. The van der Waals surface area contributed by atoms with E-state index in [1.165, 1.54) is 20.0 Å². The van der Waals surface area contributed by atoms with Crippen LogP contribution in [0.4, 0.5) is 0 Å². The Morgan fingerprint density at radius 2 is 2.20 bits per heavy atom. The minimum Gasteiger partial charge on any atom is -0.468 e. The maximum atomic E-state index is 11.3. The number of hydrogen-bond donors (Lipinski definition) is 1. The first-order chi connectivity index (χ1) is 6.94. The Balaban J connectivity index is 3.93. The highest BCUT2D eigenvalue weighted by molar-refractivity contribution is 7.99. The zero-order chi connectivity index (χ0) is 11.9. The SMILES string of the molecule is CCCCSC(C)CC(C)(N)C(=O)OC. The first kappa shape index (κ1) is 14.8. The lowest BCUT2D eigenvalue weighted by Crippen LogP contribution is -2.47. The van der Waals surface area contributed by atoms with Gasteiger partial charge in [0.05, 0.1) is 7.11 Å². The van der Waals surface area contributed by atoms with Crippen molar-refractivity contribution in [1.29, 1.82) is 0 Å². The monoisotopic (exact) mass is 233 g/mol. The van der Waals surface area contributed by atoms with Crippen LogP contribution in [0.2, 0.25) is 0 Å². The molecule has 0 amide bonds. The second kappa shape index (κ2) is 7.12. The van der Waals surface area contributed by atoms with Gasteiger partial charge in [-0.15, -0.1) is 0 Å². The maximum Gasteiger partial charge on any atom is 0.325 e. The average Bonchev–Trinajstić information content (AvgIpc) is 2.16. The average molecular weight is 233 g/mol. The summed E-state index contributed by atoms with van der Waals surface area (Å²) < 4.78 is 4.67. The zero-order valence-electron chi connectivity index (χ0n) is 10.2. The zero-order valence-corrected chi connectivity index (χ0v) is 11.0. The highest BCUT2D eigenvalue weighted by Crippen LogP contribution is 2.22. The number of ether oxygens (including phenoxy) is 1. The van der Waals surface area contributed by atoms with E-state index in [1.54, 1.807) is 6.92 Å². The predicted molar refractivity (Wildman–Crippen MR) is 66.1 cm³/mol. The summed E-state index contributed by atoms with van der Waals surface area (Å²) in [5.41, 5.74) is 5.03. The van der Waals surface area contributed by atoms with Crippen molar-refractivity contribution >= 4 is 17.7 Å². The van der Waals surface area contributed by atoms with Crippen LogP contribution < -0.4 is 5.73 Å². The fourth-order valence-corrected chi connectivity index (χ4v) is 2.72. The number of methoxy groups -OCH3 is 1. The van der Waals surface area contributed by atoms with Gasteiger partial charge in [0.15, 0.2) is 0 Å². The molecule has 15 heavy (non-hydrogen) atoms. The van der Waals surface area contributed by atoms with Crippen LogP contribution in [0.25, 0.3) is 0 Å². The quantitative estimate of drug-likeness (QED) is 0.541. The van der Waals surface area contributed by atoms with Crippen molar-refractivity contribution in [3.63, 3.8) is 0 Å². The molecule has 0 aliphatic carbocycles. The van der Waals surface area contributed by atoms with Gasteiger partial charge in [-0.25, -0.2) is 0 Å². The Morgan fingerprint density at radius 3 is 2.67 bits per heavy atom. The number of thioether (sulfide) groups is 1. The lowest BCUT2D eigenvalue weighted by Gasteiger charge is -2.24. The summed E-state index contributed by atoms with van der Waals surface area (Å²) in [6.07, 6.45) is 3.08. The molecular formula is C11H23NO2S. The molecule has 0 bridgehead atoms. The molecule has 0 aliphatic rings. The fraction of sp³-hybridized carbons (Fsp3) is 0.909. The van der Waals surface area contributed by atoms with Crippen molar-refractivity contribution in [2.75, 3.05) is 12.9 Å². The van der Waals surface area contributed by atoms with Crippen LogP contribution in [0.5, 0.6) is 0 Å². The maximum absolute atomic E-state index is 11.3. The van der Waals surface area contributed by atoms with Crippen LogP contribution in [0.15, 0.2) is 0 Å². The van der Waals surface area contributed by atoms with E-state index in [-0.39, 0.29) is 5.97 Å². The van der Waals surface area contributed by atoms with E-state index >= 15 is 0 Å². The van der Waals surface area contributed by atoms with Crippen molar-refractivity contribution in [2.24, 2.45) is 5.73 Å².